The molecule has 0 spiro atoms. The highest BCUT2D eigenvalue weighted by Gasteiger charge is 2.44. The molecular formula is C66H105N9O14. The summed E-state index contributed by atoms with van der Waals surface area (Å²) in [5.74, 6) is -6.03. The van der Waals surface area contributed by atoms with Gasteiger partial charge >= 0.3 is 12.1 Å². The third kappa shape index (κ3) is 23.4. The molecule has 0 bridgehead atoms. The second-order valence-electron chi connectivity index (χ2n) is 24.9. The number of nitrogens with zero attached hydrogens (tertiary/aromatic N) is 3. The van der Waals surface area contributed by atoms with Gasteiger partial charge in [-0.25, -0.2) is 9.59 Å². The number of Topliss-reactive ketones (excluding diaryl/α,β-unsaturated/α-hetero) is 2. The number of hydrogen-bond donors (Lipinski definition) is 7. The summed E-state index contributed by atoms with van der Waals surface area (Å²) >= 11 is 0. The highest BCUT2D eigenvalue weighted by molar-refractivity contribution is 5.97. The van der Waals surface area contributed by atoms with Crippen molar-refractivity contribution in [3.05, 3.63) is 65.7 Å². The molecule has 1 fully saturated rings. The lowest BCUT2D eigenvalue weighted by Gasteiger charge is -2.41. The Labute approximate surface area is 527 Å². The van der Waals surface area contributed by atoms with Crippen molar-refractivity contribution in [1.29, 1.82) is 0 Å². The Morgan fingerprint density at radius 2 is 1.38 bits per heavy atom. The van der Waals surface area contributed by atoms with Gasteiger partial charge in [0.1, 0.15) is 6.61 Å². The Morgan fingerprint density at radius 1 is 0.742 bits per heavy atom. The number of urea groups is 1. The Balaban J connectivity index is 1.71. The van der Waals surface area contributed by atoms with Gasteiger partial charge in [-0.2, -0.15) is 0 Å². The summed E-state index contributed by atoms with van der Waals surface area (Å²) < 4.78 is 17.8. The summed E-state index contributed by atoms with van der Waals surface area (Å²) in [6, 6.07) is 11.4. The number of benzene rings is 2. The fraction of sp³-hybridized carbons (Fsp3) is 0.667. The molecule has 23 heteroatoms. The molecule has 0 radical (unpaired) electrons. The molecule has 4 unspecified atom stereocenters. The monoisotopic (exact) mass is 1250 g/mol. The van der Waals surface area contributed by atoms with Gasteiger partial charge < -0.3 is 66.3 Å². The minimum absolute atomic E-state index is 0.0401. The summed E-state index contributed by atoms with van der Waals surface area (Å²) in [5.41, 5.74) is 6.86. The van der Waals surface area contributed by atoms with Crippen molar-refractivity contribution >= 4 is 64.8 Å². The van der Waals surface area contributed by atoms with Crippen LogP contribution in [0.15, 0.2) is 54.6 Å². The molecule has 8 N–H and O–H groups in total. The summed E-state index contributed by atoms with van der Waals surface area (Å²) in [6.07, 6.45) is -0.587. The van der Waals surface area contributed by atoms with E-state index in [1.165, 1.54) is 33.2 Å². The van der Waals surface area contributed by atoms with E-state index in [4.69, 9.17) is 19.9 Å². The zero-order chi connectivity index (χ0) is 66.8. The number of carbonyl (C=O) groups is 10. The summed E-state index contributed by atoms with van der Waals surface area (Å²) in [4.78, 5) is 139. The number of likely N-dealkylation sites (N-methyl/N-ethyl adjacent to an activating group) is 2. The van der Waals surface area contributed by atoms with E-state index in [0.29, 0.717) is 55.5 Å². The first kappa shape index (κ1) is 76.3. The SMILES string of the molecule is CC[C@H](C)C(C(CC(=O)N1CCC[C@H]1[C@H](OC)[C@@H](C)C(=O)NC(C)[C@@H](O)c1ccccc1)OC)N(C)C(=O)[C@@H](CC(=O)[C@H](C(C)C)N(C)C(=O)OCc1ccc(NC(=O)[C@H](CCCNC(N)=O)CC(=O)C(NC(=O)CCCC(=O)NC)C(C)C)cc1)C(C)C. The predicted molar refractivity (Wildman–Crippen MR) is 339 cm³/mol. The van der Waals surface area contributed by atoms with Crippen LogP contribution >= 0.6 is 0 Å². The van der Waals surface area contributed by atoms with Gasteiger partial charge in [-0.15, -0.1) is 0 Å². The van der Waals surface area contributed by atoms with Crippen LogP contribution in [0.4, 0.5) is 15.3 Å². The molecule has 0 aromatic heterocycles. The Hall–Kier alpha value is -6.98. The fourth-order valence-corrected chi connectivity index (χ4v) is 11.9. The van der Waals surface area contributed by atoms with Gasteiger partial charge in [0.2, 0.25) is 35.4 Å². The number of hydrogen-bond acceptors (Lipinski definition) is 14. The number of rotatable bonds is 38. The summed E-state index contributed by atoms with van der Waals surface area (Å²) in [7, 11) is 7.71. The molecule has 12 atom stereocenters. The van der Waals surface area contributed by atoms with Crippen LogP contribution in [0.1, 0.15) is 157 Å². The van der Waals surface area contributed by atoms with Crippen molar-refractivity contribution in [2.24, 2.45) is 47.2 Å². The van der Waals surface area contributed by atoms with Crippen molar-refractivity contribution in [3.63, 3.8) is 0 Å². The number of ether oxygens (including phenoxy) is 3. The van der Waals surface area contributed by atoms with Gasteiger partial charge in [0, 0.05) is 91.7 Å². The number of primary amides is 1. The molecule has 2 aromatic rings. The lowest BCUT2D eigenvalue weighted by molar-refractivity contribution is -0.149. The van der Waals surface area contributed by atoms with E-state index in [-0.39, 0.29) is 116 Å². The molecule has 23 nitrogen and oxygen atoms in total. The third-order valence-electron chi connectivity index (χ3n) is 17.3. The smallest absolute Gasteiger partial charge is 0.410 e. The average molecular weight is 1250 g/mol. The van der Waals surface area contributed by atoms with Gasteiger partial charge in [0.25, 0.3) is 0 Å². The van der Waals surface area contributed by atoms with Crippen molar-refractivity contribution in [1.82, 2.24) is 36.0 Å². The lowest BCUT2D eigenvalue weighted by Crippen LogP contribution is -2.55. The molecule has 0 aliphatic carbocycles. The molecule has 1 heterocycles. The van der Waals surface area contributed by atoms with Crippen LogP contribution < -0.4 is 32.3 Å². The van der Waals surface area contributed by atoms with Crippen LogP contribution in [0, 0.1) is 41.4 Å². The largest absolute Gasteiger partial charge is 0.445 e. The van der Waals surface area contributed by atoms with Gasteiger partial charge in [-0.1, -0.05) is 111 Å². The molecule has 3 rings (SSSR count). The van der Waals surface area contributed by atoms with Crippen molar-refractivity contribution in [2.75, 3.05) is 53.8 Å². The zero-order valence-electron chi connectivity index (χ0n) is 55.4. The third-order valence-corrected chi connectivity index (χ3v) is 17.3. The number of anilines is 1. The number of aliphatic hydroxyl groups is 1. The van der Waals surface area contributed by atoms with Crippen molar-refractivity contribution in [2.45, 2.75) is 195 Å². The Bertz CT molecular complexity index is 2620. The van der Waals surface area contributed by atoms with E-state index < -0.39 is 84.3 Å². The number of methoxy groups -OCH3 is 2. The number of nitrogens with two attached hydrogens (primary N) is 1. The second-order valence-corrected chi connectivity index (χ2v) is 24.9. The first-order valence-corrected chi connectivity index (χ1v) is 31.6. The highest BCUT2D eigenvalue weighted by atomic mass is 16.6. The number of carbonyl (C=O) groups excluding carboxylic acids is 10. The molecule has 1 aliphatic heterocycles. The highest BCUT2D eigenvalue weighted by Crippen LogP contribution is 2.32. The predicted octanol–water partition coefficient (Wildman–Crippen LogP) is 6.69. The number of amides is 9. The fourth-order valence-electron chi connectivity index (χ4n) is 11.9. The molecule has 9 amide bonds. The molecular weight excluding hydrogens is 1140 g/mol. The van der Waals surface area contributed by atoms with Gasteiger partial charge in [0.15, 0.2) is 11.6 Å². The van der Waals surface area contributed by atoms with Crippen LogP contribution in [0.3, 0.4) is 0 Å². The van der Waals surface area contributed by atoms with E-state index in [0.717, 1.165) is 0 Å². The van der Waals surface area contributed by atoms with E-state index >= 15 is 0 Å². The maximum absolute atomic E-state index is 14.9. The quantitative estimate of drug-likeness (QED) is 0.0345. The van der Waals surface area contributed by atoms with E-state index in [1.807, 2.05) is 59.7 Å². The summed E-state index contributed by atoms with van der Waals surface area (Å²) in [5, 5.41) is 24.5. The summed E-state index contributed by atoms with van der Waals surface area (Å²) in [6.45, 7) is 18.8. The maximum Gasteiger partial charge on any atom is 0.410 e. The van der Waals surface area contributed by atoms with Crippen molar-refractivity contribution in [3.8, 4) is 0 Å². The Morgan fingerprint density at radius 3 is 1.94 bits per heavy atom. The number of aliphatic hydroxyl groups excluding tert-OH is 1. The zero-order valence-corrected chi connectivity index (χ0v) is 55.4. The second kappa shape index (κ2) is 37.9. The average Bonchev–Trinajstić information content (AvgIpc) is 2.15. The van der Waals surface area contributed by atoms with E-state index in [2.05, 4.69) is 26.6 Å². The first-order chi connectivity index (χ1) is 42.0. The van der Waals surface area contributed by atoms with Crippen LogP contribution in [-0.2, 0) is 59.2 Å². The van der Waals surface area contributed by atoms with Crippen LogP contribution in [0.5, 0.6) is 0 Å². The van der Waals surface area contributed by atoms with Gasteiger partial charge in [-0.3, -0.25) is 38.4 Å². The lowest BCUT2D eigenvalue weighted by atomic mass is 9.83. The van der Waals surface area contributed by atoms with Gasteiger partial charge in [-0.05, 0) is 86.0 Å². The molecule has 89 heavy (non-hydrogen) atoms. The first-order valence-electron chi connectivity index (χ1n) is 31.6. The minimum atomic E-state index is -0.963. The van der Waals surface area contributed by atoms with E-state index in [1.54, 1.807) is 80.9 Å². The number of nitrogens with one attached hydrogen (secondary N) is 5. The number of ketones is 2. The van der Waals surface area contributed by atoms with Crippen LogP contribution in [0.2, 0.25) is 0 Å². The maximum atomic E-state index is 14.9. The molecule has 0 saturated carbocycles. The molecule has 1 aliphatic rings. The minimum Gasteiger partial charge on any atom is -0.445 e. The van der Waals surface area contributed by atoms with Crippen LogP contribution in [-0.4, -0.2) is 170 Å². The van der Waals surface area contributed by atoms with E-state index in [9.17, 15) is 53.1 Å². The molecule has 498 valence electrons. The topological polar surface area (TPSA) is 315 Å². The number of likely N-dealkylation sites (tertiary alicyclic amines) is 1. The standard InChI is InChI=1S/C66H105N9O14/c1-16-42(8)59(53(87-14)37-56(80)75-34-22-26-50(75)61(88-15)43(9)62(82)70-44(10)60(81)46-23-18-17-19-24-46)73(12)64(84)49(39(2)3)36-52(77)58(41(6)7)74(13)66(86)89-38-45-29-31-48(32-30-45)71-63(83)47(25-21-33-69-65(67)85)35-51(76)57(40(4)5)72-55(79)28-20-27-54(78)68-11/h17-19,23-24,29-32,39-44,47,49-50,53,57-61,81H,16,20-22,25-28,33-38H2,1-15H3,(H,68,78)(H,70,82)(H,71,83)(H,72,79)(H3,67,69,85)/t42-,43+,44?,47+,49-,50-,53?,57?,58-,59?,60+,61+/m0/s1. The molecule has 1 saturated heterocycles. The van der Waals surface area contributed by atoms with Crippen LogP contribution in [0.25, 0.3) is 0 Å². The Kier molecular flexibility index (Phi) is 32.5. The van der Waals surface area contributed by atoms with Gasteiger partial charge in [0.05, 0.1) is 60.9 Å². The van der Waals surface area contributed by atoms with Crippen molar-refractivity contribution < 1.29 is 67.3 Å². The normalized spacial score (nSPS) is 16.9. The molecule has 2 aromatic carbocycles.